The van der Waals surface area contributed by atoms with Gasteiger partial charge in [0.25, 0.3) is 10.0 Å². The van der Waals surface area contributed by atoms with Crippen molar-refractivity contribution in [3.05, 3.63) is 83.9 Å². The molecule has 0 aliphatic rings. The Morgan fingerprint density at radius 1 is 0.971 bits per heavy atom. The highest BCUT2D eigenvalue weighted by Gasteiger charge is 2.28. The van der Waals surface area contributed by atoms with E-state index in [1.807, 2.05) is 31.2 Å². The summed E-state index contributed by atoms with van der Waals surface area (Å²) in [6.07, 6.45) is 0.647. The van der Waals surface area contributed by atoms with E-state index in [9.17, 15) is 13.2 Å². The smallest absolute Gasteiger partial charge is 0.264 e. The first kappa shape index (κ1) is 25.1. The van der Waals surface area contributed by atoms with E-state index in [4.69, 9.17) is 9.47 Å². The maximum Gasteiger partial charge on any atom is 0.264 e. The molecular weight excluding hydrogens is 452 g/mol. The Morgan fingerprint density at radius 2 is 1.65 bits per heavy atom. The molecule has 0 aromatic heterocycles. The second-order valence-corrected chi connectivity index (χ2v) is 9.64. The summed E-state index contributed by atoms with van der Waals surface area (Å²) in [6.45, 7) is 3.38. The number of hydrogen-bond acceptors (Lipinski definition) is 5. The maximum absolute atomic E-state index is 13.6. The van der Waals surface area contributed by atoms with Gasteiger partial charge < -0.3 is 14.8 Å². The van der Waals surface area contributed by atoms with Crippen LogP contribution in [0, 0.1) is 6.92 Å². The molecule has 0 saturated carbocycles. The highest BCUT2D eigenvalue weighted by atomic mass is 32.2. The van der Waals surface area contributed by atoms with E-state index in [1.54, 1.807) is 56.5 Å². The molecule has 0 spiro atoms. The van der Waals surface area contributed by atoms with Crippen LogP contribution in [0.2, 0.25) is 0 Å². The van der Waals surface area contributed by atoms with Crippen LogP contribution in [0.4, 0.5) is 5.69 Å². The molecular formula is C26H30N2O5S. The number of rotatable bonds is 10. The van der Waals surface area contributed by atoms with Gasteiger partial charge in [-0.05, 0) is 66.9 Å². The Balaban J connectivity index is 1.89. The lowest BCUT2D eigenvalue weighted by Gasteiger charge is -2.26. The zero-order valence-electron chi connectivity index (χ0n) is 19.8. The number of carbonyl (C=O) groups excluding carboxylic acids is 1. The third-order valence-corrected chi connectivity index (χ3v) is 7.32. The second-order valence-electron chi connectivity index (χ2n) is 7.78. The number of para-hydroxylation sites is 1. The van der Waals surface area contributed by atoms with E-state index in [1.165, 1.54) is 13.2 Å². The van der Waals surface area contributed by atoms with Gasteiger partial charge in [0.15, 0.2) is 0 Å². The fourth-order valence-corrected chi connectivity index (χ4v) is 5.18. The topological polar surface area (TPSA) is 84.9 Å². The van der Waals surface area contributed by atoms with E-state index in [0.717, 1.165) is 15.6 Å². The van der Waals surface area contributed by atoms with Crippen molar-refractivity contribution >= 4 is 21.6 Å². The average molecular weight is 483 g/mol. The minimum atomic E-state index is -4.01. The molecule has 0 bridgehead atoms. The predicted molar refractivity (Wildman–Crippen MR) is 133 cm³/mol. The SMILES string of the molecule is CCC(NC(=O)CN(c1ccccc1)S(=O)(=O)c1ccc(OC)c(C)c1)c1ccc(OC)cc1. The number of anilines is 1. The van der Waals surface area contributed by atoms with E-state index >= 15 is 0 Å². The number of ether oxygens (including phenoxy) is 2. The van der Waals surface area contributed by atoms with Crippen molar-refractivity contribution in [1.82, 2.24) is 5.32 Å². The molecule has 3 aromatic rings. The number of hydrogen-bond donors (Lipinski definition) is 1. The Labute approximate surface area is 201 Å². The van der Waals surface area contributed by atoms with Gasteiger partial charge in [-0.2, -0.15) is 0 Å². The van der Waals surface area contributed by atoms with Crippen molar-refractivity contribution < 1.29 is 22.7 Å². The summed E-state index contributed by atoms with van der Waals surface area (Å²) in [7, 11) is -0.886. The molecule has 3 aromatic carbocycles. The molecule has 0 aliphatic heterocycles. The van der Waals surface area contributed by atoms with Crippen molar-refractivity contribution in [3.63, 3.8) is 0 Å². The van der Waals surface area contributed by atoms with Gasteiger partial charge in [0, 0.05) is 0 Å². The molecule has 1 N–H and O–H groups in total. The number of nitrogens with one attached hydrogen (secondary N) is 1. The lowest BCUT2D eigenvalue weighted by atomic mass is 10.0. The maximum atomic E-state index is 13.6. The summed E-state index contributed by atoms with van der Waals surface area (Å²) in [4.78, 5) is 13.2. The highest BCUT2D eigenvalue weighted by molar-refractivity contribution is 7.92. The first-order valence-electron chi connectivity index (χ1n) is 11.0. The lowest BCUT2D eigenvalue weighted by molar-refractivity contribution is -0.120. The summed E-state index contributed by atoms with van der Waals surface area (Å²) in [6, 6.07) is 20.4. The van der Waals surface area contributed by atoms with E-state index in [2.05, 4.69) is 5.32 Å². The summed E-state index contributed by atoms with van der Waals surface area (Å²) in [5, 5.41) is 2.97. The Morgan fingerprint density at radius 3 is 2.21 bits per heavy atom. The minimum Gasteiger partial charge on any atom is -0.497 e. The van der Waals surface area contributed by atoms with E-state index in [0.29, 0.717) is 23.4 Å². The van der Waals surface area contributed by atoms with Gasteiger partial charge in [0.05, 0.1) is 30.8 Å². The molecule has 0 saturated heterocycles. The number of carbonyl (C=O) groups is 1. The van der Waals surface area contributed by atoms with Crippen molar-refractivity contribution in [3.8, 4) is 11.5 Å². The van der Waals surface area contributed by atoms with Gasteiger partial charge in [-0.25, -0.2) is 8.42 Å². The molecule has 0 fully saturated rings. The van der Waals surface area contributed by atoms with Gasteiger partial charge >= 0.3 is 0 Å². The predicted octanol–water partition coefficient (Wildman–Crippen LogP) is 4.48. The Bertz CT molecular complexity index is 1210. The van der Waals surface area contributed by atoms with E-state index in [-0.39, 0.29) is 17.5 Å². The van der Waals surface area contributed by atoms with Gasteiger partial charge in [0.2, 0.25) is 5.91 Å². The number of amides is 1. The molecule has 34 heavy (non-hydrogen) atoms. The first-order valence-corrected chi connectivity index (χ1v) is 12.4. The van der Waals surface area contributed by atoms with Gasteiger partial charge in [-0.3, -0.25) is 9.10 Å². The van der Waals surface area contributed by atoms with Crippen molar-refractivity contribution in [2.75, 3.05) is 25.1 Å². The number of nitrogens with zero attached hydrogens (tertiary/aromatic N) is 1. The van der Waals surface area contributed by atoms with Gasteiger partial charge in [0.1, 0.15) is 18.0 Å². The molecule has 8 heteroatoms. The number of sulfonamides is 1. The van der Waals surface area contributed by atoms with Gasteiger partial charge in [-0.1, -0.05) is 37.3 Å². The standard InChI is InChI=1S/C26H30N2O5S/c1-5-24(20-11-13-22(32-3)14-12-20)27-26(29)18-28(21-9-7-6-8-10-21)34(30,31)23-15-16-25(33-4)19(2)17-23/h6-17,24H,5,18H2,1-4H3,(H,27,29). The summed E-state index contributed by atoms with van der Waals surface area (Å²) >= 11 is 0. The van der Waals surface area contributed by atoms with Crippen molar-refractivity contribution in [1.29, 1.82) is 0 Å². The molecule has 180 valence electrons. The molecule has 0 heterocycles. The minimum absolute atomic E-state index is 0.0876. The lowest BCUT2D eigenvalue weighted by Crippen LogP contribution is -2.42. The molecule has 1 unspecified atom stereocenters. The van der Waals surface area contributed by atoms with Crippen LogP contribution in [0.5, 0.6) is 11.5 Å². The normalized spacial score (nSPS) is 12.0. The largest absolute Gasteiger partial charge is 0.497 e. The third kappa shape index (κ3) is 5.69. The van der Waals surface area contributed by atoms with Crippen LogP contribution in [0.25, 0.3) is 0 Å². The number of methoxy groups -OCH3 is 2. The van der Waals surface area contributed by atoms with Crippen LogP contribution < -0.4 is 19.1 Å². The molecule has 1 amide bonds. The van der Waals surface area contributed by atoms with E-state index < -0.39 is 15.9 Å². The van der Waals surface area contributed by atoms with Crippen molar-refractivity contribution in [2.45, 2.75) is 31.2 Å². The van der Waals surface area contributed by atoms with Crippen molar-refractivity contribution in [2.24, 2.45) is 0 Å². The highest BCUT2D eigenvalue weighted by Crippen LogP contribution is 2.27. The molecule has 0 aliphatic carbocycles. The van der Waals surface area contributed by atoms with Crippen LogP contribution in [-0.2, 0) is 14.8 Å². The second kappa shape index (κ2) is 11.1. The fraction of sp³-hybridized carbons (Fsp3) is 0.269. The molecule has 7 nitrogen and oxygen atoms in total. The van der Waals surface area contributed by atoms with Crippen LogP contribution in [-0.4, -0.2) is 35.1 Å². The van der Waals surface area contributed by atoms with Crippen LogP contribution in [0.1, 0.15) is 30.5 Å². The third-order valence-electron chi connectivity index (χ3n) is 5.55. The first-order chi connectivity index (χ1) is 16.3. The quantitative estimate of drug-likeness (QED) is 0.461. The fourth-order valence-electron chi connectivity index (χ4n) is 3.68. The van der Waals surface area contributed by atoms with Crippen LogP contribution >= 0.6 is 0 Å². The zero-order valence-corrected chi connectivity index (χ0v) is 20.6. The van der Waals surface area contributed by atoms with Crippen LogP contribution in [0.3, 0.4) is 0 Å². The zero-order chi connectivity index (χ0) is 24.7. The molecule has 0 radical (unpaired) electrons. The number of aryl methyl sites for hydroxylation is 1. The van der Waals surface area contributed by atoms with Crippen LogP contribution in [0.15, 0.2) is 77.7 Å². The monoisotopic (exact) mass is 482 g/mol. The molecule has 3 rings (SSSR count). The Hall–Kier alpha value is -3.52. The van der Waals surface area contributed by atoms with Gasteiger partial charge in [-0.15, -0.1) is 0 Å². The average Bonchev–Trinajstić information content (AvgIpc) is 2.86. The molecule has 1 atom stereocenters. The summed E-state index contributed by atoms with van der Waals surface area (Å²) < 4.78 is 38.8. The number of benzene rings is 3. The summed E-state index contributed by atoms with van der Waals surface area (Å²) in [5.41, 5.74) is 2.01. The Kier molecular flexibility index (Phi) is 8.17. The summed E-state index contributed by atoms with van der Waals surface area (Å²) in [5.74, 6) is 0.912.